The largest absolute Gasteiger partial charge is 0.508 e. The van der Waals surface area contributed by atoms with E-state index >= 15 is 0 Å². The van der Waals surface area contributed by atoms with E-state index in [9.17, 15) is 5.11 Å². The third-order valence-electron chi connectivity index (χ3n) is 2.74. The van der Waals surface area contributed by atoms with Crippen molar-refractivity contribution in [3.63, 3.8) is 0 Å². The van der Waals surface area contributed by atoms with Crippen molar-refractivity contribution in [2.45, 2.75) is 0 Å². The van der Waals surface area contributed by atoms with Crippen LogP contribution in [-0.4, -0.2) is 11.9 Å². The van der Waals surface area contributed by atoms with Gasteiger partial charge >= 0.3 is 0 Å². The van der Waals surface area contributed by atoms with Crippen LogP contribution in [0.4, 0.5) is 0 Å². The molecule has 18 heavy (non-hydrogen) atoms. The summed E-state index contributed by atoms with van der Waals surface area (Å²) in [7, 11) is 0. The number of rotatable bonds is 2. The van der Waals surface area contributed by atoms with Crippen molar-refractivity contribution in [2.75, 3.05) is 6.79 Å². The summed E-state index contributed by atoms with van der Waals surface area (Å²) in [5.74, 6) is 1.82. The van der Waals surface area contributed by atoms with Gasteiger partial charge in [-0.3, -0.25) is 0 Å². The number of ether oxygens (including phenoxy) is 2. The molecule has 90 valence electrons. The van der Waals surface area contributed by atoms with Crippen LogP contribution in [-0.2, 0) is 0 Å². The van der Waals surface area contributed by atoms with E-state index in [1.807, 2.05) is 42.5 Å². The van der Waals surface area contributed by atoms with Gasteiger partial charge in [-0.15, -0.1) is 0 Å². The maximum absolute atomic E-state index is 9.37. The zero-order valence-electron chi connectivity index (χ0n) is 9.67. The van der Waals surface area contributed by atoms with Crippen LogP contribution in [0.5, 0.6) is 17.2 Å². The summed E-state index contributed by atoms with van der Waals surface area (Å²) in [6.45, 7) is 0.287. The highest BCUT2D eigenvalue weighted by atomic mass is 16.7. The molecule has 0 radical (unpaired) electrons. The van der Waals surface area contributed by atoms with Gasteiger partial charge in [-0.2, -0.15) is 0 Å². The molecule has 2 aromatic rings. The van der Waals surface area contributed by atoms with Crippen molar-refractivity contribution in [3.8, 4) is 17.2 Å². The second kappa shape index (κ2) is 4.45. The van der Waals surface area contributed by atoms with E-state index in [4.69, 9.17) is 9.47 Å². The molecule has 0 aromatic heterocycles. The van der Waals surface area contributed by atoms with Crippen LogP contribution in [0.2, 0.25) is 0 Å². The molecule has 3 nitrogen and oxygen atoms in total. The second-order valence-electron chi connectivity index (χ2n) is 4.04. The molecule has 0 bridgehead atoms. The summed E-state index contributed by atoms with van der Waals surface area (Å²) >= 11 is 0. The molecule has 0 aliphatic carbocycles. The van der Waals surface area contributed by atoms with E-state index in [2.05, 4.69) is 0 Å². The summed E-state index contributed by atoms with van der Waals surface area (Å²) in [5, 5.41) is 9.37. The van der Waals surface area contributed by atoms with Crippen molar-refractivity contribution in [2.24, 2.45) is 0 Å². The van der Waals surface area contributed by atoms with Crippen LogP contribution in [0.25, 0.3) is 12.2 Å². The average molecular weight is 240 g/mol. The normalized spacial score (nSPS) is 13.1. The first-order chi connectivity index (χ1) is 8.81. The Morgan fingerprint density at radius 2 is 1.67 bits per heavy atom. The Balaban J connectivity index is 1.84. The Bertz CT molecular complexity index is 602. The summed E-state index contributed by atoms with van der Waals surface area (Å²) in [5.41, 5.74) is 1.98. The van der Waals surface area contributed by atoms with Crippen molar-refractivity contribution in [1.29, 1.82) is 0 Å². The van der Waals surface area contributed by atoms with E-state index in [1.165, 1.54) is 0 Å². The van der Waals surface area contributed by atoms with E-state index in [0.717, 1.165) is 22.6 Å². The number of phenolic OH excluding ortho intramolecular Hbond substituents is 1. The van der Waals surface area contributed by atoms with Gasteiger partial charge in [0.15, 0.2) is 11.5 Å². The summed E-state index contributed by atoms with van der Waals surface area (Å²) in [4.78, 5) is 0. The van der Waals surface area contributed by atoms with E-state index in [0.29, 0.717) is 0 Å². The van der Waals surface area contributed by atoms with Gasteiger partial charge in [-0.1, -0.05) is 30.4 Å². The summed E-state index contributed by atoms with van der Waals surface area (Å²) < 4.78 is 10.6. The van der Waals surface area contributed by atoms with Crippen molar-refractivity contribution < 1.29 is 14.6 Å². The van der Waals surface area contributed by atoms with Gasteiger partial charge in [-0.05, 0) is 35.4 Å². The van der Waals surface area contributed by atoms with Gasteiger partial charge in [0, 0.05) is 0 Å². The topological polar surface area (TPSA) is 38.7 Å². The van der Waals surface area contributed by atoms with E-state index in [-0.39, 0.29) is 12.5 Å². The lowest BCUT2D eigenvalue weighted by Gasteiger charge is -1.98. The fourth-order valence-electron chi connectivity index (χ4n) is 1.84. The number of hydrogen-bond acceptors (Lipinski definition) is 3. The first-order valence-corrected chi connectivity index (χ1v) is 5.68. The van der Waals surface area contributed by atoms with Gasteiger partial charge in [0.1, 0.15) is 5.75 Å². The first-order valence-electron chi connectivity index (χ1n) is 5.68. The molecule has 0 amide bonds. The smallest absolute Gasteiger partial charge is 0.231 e. The Hall–Kier alpha value is -2.42. The molecule has 3 heteroatoms. The lowest BCUT2D eigenvalue weighted by Crippen LogP contribution is -1.92. The third-order valence-corrected chi connectivity index (χ3v) is 2.74. The maximum Gasteiger partial charge on any atom is 0.231 e. The lowest BCUT2D eigenvalue weighted by molar-refractivity contribution is 0.174. The Labute approximate surface area is 105 Å². The van der Waals surface area contributed by atoms with Crippen LogP contribution in [0, 0.1) is 0 Å². The molecule has 0 fully saturated rings. The Morgan fingerprint density at radius 3 is 2.50 bits per heavy atom. The summed E-state index contributed by atoms with van der Waals surface area (Å²) in [6, 6.07) is 12.9. The van der Waals surface area contributed by atoms with Crippen molar-refractivity contribution in [1.82, 2.24) is 0 Å². The van der Waals surface area contributed by atoms with Crippen LogP contribution in [0.3, 0.4) is 0 Å². The van der Waals surface area contributed by atoms with E-state index < -0.39 is 0 Å². The van der Waals surface area contributed by atoms with Crippen LogP contribution >= 0.6 is 0 Å². The molecule has 1 aliphatic rings. The predicted molar refractivity (Wildman–Crippen MR) is 69.6 cm³/mol. The fourth-order valence-corrected chi connectivity index (χ4v) is 1.84. The monoisotopic (exact) mass is 240 g/mol. The van der Waals surface area contributed by atoms with Gasteiger partial charge < -0.3 is 14.6 Å². The van der Waals surface area contributed by atoms with Gasteiger partial charge in [0.25, 0.3) is 0 Å². The number of benzene rings is 2. The van der Waals surface area contributed by atoms with Crippen molar-refractivity contribution in [3.05, 3.63) is 53.6 Å². The Kier molecular flexibility index (Phi) is 2.65. The highest BCUT2D eigenvalue weighted by Crippen LogP contribution is 2.32. The summed E-state index contributed by atoms with van der Waals surface area (Å²) in [6.07, 6.45) is 3.91. The van der Waals surface area contributed by atoms with E-state index in [1.54, 1.807) is 12.1 Å². The molecule has 0 spiro atoms. The molecule has 1 heterocycles. The molecule has 0 atom stereocenters. The number of hydrogen-bond donors (Lipinski definition) is 1. The zero-order valence-corrected chi connectivity index (χ0v) is 9.67. The minimum absolute atomic E-state index is 0.267. The molecule has 0 unspecified atom stereocenters. The van der Waals surface area contributed by atoms with Crippen LogP contribution in [0.1, 0.15) is 11.1 Å². The first kappa shape index (κ1) is 10.7. The number of fused-ring (bicyclic) bond motifs is 1. The number of aromatic hydroxyl groups is 1. The fraction of sp³-hybridized carbons (Fsp3) is 0.0667. The highest BCUT2D eigenvalue weighted by molar-refractivity contribution is 5.71. The lowest BCUT2D eigenvalue weighted by atomic mass is 10.1. The van der Waals surface area contributed by atoms with Gasteiger partial charge in [-0.25, -0.2) is 0 Å². The SMILES string of the molecule is Oc1cccc(/C=C/c2ccc3c(c2)OCO3)c1. The molecule has 0 saturated heterocycles. The predicted octanol–water partition coefficient (Wildman–Crippen LogP) is 3.29. The quantitative estimate of drug-likeness (QED) is 0.818. The van der Waals surface area contributed by atoms with Crippen LogP contribution < -0.4 is 9.47 Å². The molecule has 1 N–H and O–H groups in total. The molecule has 2 aromatic carbocycles. The van der Waals surface area contributed by atoms with Crippen molar-refractivity contribution >= 4 is 12.2 Å². The van der Waals surface area contributed by atoms with Gasteiger partial charge in [0.05, 0.1) is 0 Å². The molecular weight excluding hydrogens is 228 g/mol. The number of phenols is 1. The Morgan fingerprint density at radius 1 is 0.889 bits per heavy atom. The highest BCUT2D eigenvalue weighted by Gasteiger charge is 2.11. The second-order valence-corrected chi connectivity index (χ2v) is 4.04. The molecule has 3 rings (SSSR count). The standard InChI is InChI=1S/C15H12O3/c16-13-3-1-2-11(8-13)4-5-12-6-7-14-15(9-12)18-10-17-14/h1-9,16H,10H2/b5-4+. The third kappa shape index (κ3) is 2.15. The maximum atomic E-state index is 9.37. The average Bonchev–Trinajstić information content (AvgIpc) is 2.84. The van der Waals surface area contributed by atoms with Crippen LogP contribution in [0.15, 0.2) is 42.5 Å². The minimum atomic E-state index is 0.267. The zero-order chi connectivity index (χ0) is 12.4. The molecular formula is C15H12O3. The van der Waals surface area contributed by atoms with Gasteiger partial charge in [0.2, 0.25) is 6.79 Å². The molecule has 0 saturated carbocycles. The molecule has 1 aliphatic heterocycles. The minimum Gasteiger partial charge on any atom is -0.508 e.